The molecule has 0 N–H and O–H groups in total. The molecule has 2 aliphatic heterocycles. The van der Waals surface area contributed by atoms with Gasteiger partial charge in [-0.1, -0.05) is 67.6 Å². The number of hydrazone groups is 2. The molecule has 0 saturated carbocycles. The van der Waals surface area contributed by atoms with Crippen LogP contribution in [0.25, 0.3) is 0 Å². The van der Waals surface area contributed by atoms with E-state index in [-0.39, 0.29) is 5.04 Å². The molecule has 2 aliphatic rings. The molecule has 6 nitrogen and oxygen atoms in total. The third kappa shape index (κ3) is 3.31. The van der Waals surface area contributed by atoms with Crippen LogP contribution in [0.4, 0.5) is 11.4 Å². The lowest BCUT2D eigenvalue weighted by molar-refractivity contribution is -0.132. The van der Waals surface area contributed by atoms with Gasteiger partial charge in [-0.15, -0.1) is 0 Å². The molecule has 3 aromatic rings. The monoisotopic (exact) mass is 456 g/mol. The van der Waals surface area contributed by atoms with Gasteiger partial charge >= 0.3 is 5.97 Å². The van der Waals surface area contributed by atoms with Gasteiger partial charge in [0.1, 0.15) is 0 Å². The highest BCUT2D eigenvalue weighted by Crippen LogP contribution is 2.55. The number of esters is 1. The van der Waals surface area contributed by atoms with Gasteiger partial charge in [-0.2, -0.15) is 10.2 Å². The number of ether oxygens (including phenoxy) is 1. The Morgan fingerprint density at radius 1 is 0.939 bits per heavy atom. The fourth-order valence-corrected chi connectivity index (χ4v) is 5.59. The summed E-state index contributed by atoms with van der Waals surface area (Å²) in [6, 6.07) is 26.3. The third-order valence-corrected chi connectivity index (χ3v) is 7.14. The summed E-state index contributed by atoms with van der Waals surface area (Å²) in [6.07, 6.45) is 0.774. The minimum Gasteiger partial charge on any atom is -0.464 e. The summed E-state index contributed by atoms with van der Waals surface area (Å²) in [5.74, 6) is -0.466. The number of rotatable bonds is 4. The van der Waals surface area contributed by atoms with Crippen LogP contribution in [0.5, 0.6) is 0 Å². The van der Waals surface area contributed by atoms with Gasteiger partial charge in [-0.25, -0.2) is 14.8 Å². The maximum absolute atomic E-state index is 12.7. The molecule has 33 heavy (non-hydrogen) atoms. The van der Waals surface area contributed by atoms with E-state index in [9.17, 15) is 4.79 Å². The first kappa shape index (κ1) is 21.3. The van der Waals surface area contributed by atoms with Gasteiger partial charge < -0.3 is 4.74 Å². The van der Waals surface area contributed by atoms with Crippen LogP contribution in [0.15, 0.2) is 89.1 Å². The Balaban J connectivity index is 1.83. The summed E-state index contributed by atoms with van der Waals surface area (Å²) in [5.41, 5.74) is 5.91. The number of carbonyl (C=O) groups excluding carboxylic acids is 1. The van der Waals surface area contributed by atoms with Gasteiger partial charge in [-0.3, -0.25) is 0 Å². The highest BCUT2D eigenvalue weighted by Gasteiger charge is 2.56. The van der Waals surface area contributed by atoms with Crippen LogP contribution in [0.2, 0.25) is 0 Å². The first-order valence-electron chi connectivity index (χ1n) is 10.8. The van der Waals surface area contributed by atoms with Crippen molar-refractivity contribution in [1.82, 2.24) is 0 Å². The molecular weight excluding hydrogens is 432 g/mol. The number of anilines is 2. The van der Waals surface area contributed by atoms with Gasteiger partial charge in [0.05, 0.1) is 24.2 Å². The Morgan fingerprint density at radius 3 is 2.36 bits per heavy atom. The summed E-state index contributed by atoms with van der Waals surface area (Å²) >= 11 is 1.36. The van der Waals surface area contributed by atoms with E-state index in [4.69, 9.17) is 14.9 Å². The molecule has 0 aromatic heterocycles. The second kappa shape index (κ2) is 8.41. The second-order valence-corrected chi connectivity index (χ2v) is 8.96. The summed E-state index contributed by atoms with van der Waals surface area (Å²) in [7, 11) is 1.38. The van der Waals surface area contributed by atoms with Crippen molar-refractivity contribution in [3.63, 3.8) is 0 Å². The predicted molar refractivity (Wildman–Crippen MR) is 135 cm³/mol. The fourth-order valence-electron chi connectivity index (χ4n) is 4.29. The Bertz CT molecular complexity index is 1270. The molecule has 0 aliphatic carbocycles. The zero-order valence-corrected chi connectivity index (χ0v) is 19.5. The van der Waals surface area contributed by atoms with Crippen molar-refractivity contribution in [2.24, 2.45) is 10.2 Å². The predicted octanol–water partition coefficient (Wildman–Crippen LogP) is 5.48. The van der Waals surface area contributed by atoms with Gasteiger partial charge in [-0.05, 0) is 48.9 Å². The van der Waals surface area contributed by atoms with Crippen molar-refractivity contribution in [2.45, 2.75) is 25.3 Å². The van der Waals surface area contributed by atoms with Crippen molar-refractivity contribution in [2.75, 3.05) is 17.1 Å². The normalized spacial score (nSPS) is 19.2. The number of aryl methyl sites for hydroxylation is 1. The SMILES string of the molecule is CCC1=NN(c2ccccc2)C2(SC(C(=O)OC)=NN2c2ccccc2C)c2ccccc21. The average Bonchev–Trinajstić information content (AvgIpc) is 3.25. The first-order chi connectivity index (χ1) is 16.1. The van der Waals surface area contributed by atoms with Crippen molar-refractivity contribution in [1.29, 1.82) is 0 Å². The Labute approximate surface area is 197 Å². The lowest BCUT2D eigenvalue weighted by Crippen LogP contribution is -2.54. The molecule has 5 rings (SSSR count). The van der Waals surface area contributed by atoms with E-state index < -0.39 is 11.0 Å². The van der Waals surface area contributed by atoms with E-state index in [1.165, 1.54) is 18.9 Å². The summed E-state index contributed by atoms with van der Waals surface area (Å²) in [6.45, 7) is 4.15. The molecule has 0 radical (unpaired) electrons. The quantitative estimate of drug-likeness (QED) is 0.487. The fraction of sp³-hybridized carbons (Fsp3) is 0.192. The molecule has 7 heteroatoms. The number of thioether (sulfide) groups is 1. The van der Waals surface area contributed by atoms with Gasteiger partial charge in [0.25, 0.3) is 0 Å². The number of methoxy groups -OCH3 is 1. The second-order valence-electron chi connectivity index (χ2n) is 7.80. The van der Waals surface area contributed by atoms with E-state index >= 15 is 0 Å². The van der Waals surface area contributed by atoms with Crippen LogP contribution in [0, 0.1) is 6.92 Å². The van der Waals surface area contributed by atoms with E-state index in [1.807, 2.05) is 83.7 Å². The van der Waals surface area contributed by atoms with Crippen molar-refractivity contribution in [3.05, 3.63) is 95.6 Å². The topological polar surface area (TPSA) is 57.5 Å². The minimum atomic E-state index is -0.938. The van der Waals surface area contributed by atoms with Crippen LogP contribution in [-0.2, 0) is 14.5 Å². The molecule has 1 spiro atoms. The number of fused-ring (bicyclic) bond motifs is 2. The van der Waals surface area contributed by atoms with Crippen LogP contribution < -0.4 is 10.0 Å². The average molecular weight is 457 g/mol. The lowest BCUT2D eigenvalue weighted by atomic mass is 9.96. The molecule has 1 atom stereocenters. The van der Waals surface area contributed by atoms with E-state index in [1.54, 1.807) is 0 Å². The molecule has 3 aromatic carbocycles. The molecular formula is C26H24N4O2S. The Kier molecular flexibility index (Phi) is 5.42. The standard InChI is InChI=1S/C26H24N4O2S/c1-4-22-20-15-9-10-16-21(20)26(29(27-22)19-13-6-5-7-14-19)30(23-17-11-8-12-18(23)2)28-24(33-26)25(31)32-3/h5-17H,4H2,1-3H3. The van der Waals surface area contributed by atoms with E-state index in [0.29, 0.717) is 0 Å². The van der Waals surface area contributed by atoms with Crippen LogP contribution in [0.1, 0.15) is 30.0 Å². The number of para-hydroxylation sites is 2. The molecule has 166 valence electrons. The van der Waals surface area contributed by atoms with Gasteiger partial charge in [0.15, 0.2) is 0 Å². The molecule has 0 saturated heterocycles. The number of nitrogens with zero attached hydrogens (tertiary/aromatic N) is 4. The van der Waals surface area contributed by atoms with E-state index in [2.05, 4.69) is 19.1 Å². The highest BCUT2D eigenvalue weighted by molar-refractivity contribution is 8.16. The molecule has 0 fully saturated rings. The van der Waals surface area contributed by atoms with Crippen molar-refractivity contribution < 1.29 is 9.53 Å². The van der Waals surface area contributed by atoms with Crippen LogP contribution in [0.3, 0.4) is 0 Å². The number of hydrogen-bond acceptors (Lipinski definition) is 7. The molecule has 1 unspecified atom stereocenters. The zero-order chi connectivity index (χ0) is 23.0. The Hall–Kier alpha value is -3.58. The summed E-state index contributed by atoms with van der Waals surface area (Å²) < 4.78 is 5.08. The number of hydrogen-bond donors (Lipinski definition) is 0. The van der Waals surface area contributed by atoms with Crippen LogP contribution in [-0.4, -0.2) is 23.8 Å². The summed E-state index contributed by atoms with van der Waals surface area (Å²) in [4.78, 5) is 11.8. The summed E-state index contributed by atoms with van der Waals surface area (Å²) in [5, 5.41) is 14.1. The van der Waals surface area contributed by atoms with E-state index in [0.717, 1.165) is 40.2 Å². The lowest BCUT2D eigenvalue weighted by Gasteiger charge is -2.47. The third-order valence-electron chi connectivity index (χ3n) is 5.85. The van der Waals surface area contributed by atoms with Crippen LogP contribution >= 0.6 is 11.8 Å². The van der Waals surface area contributed by atoms with Gasteiger partial charge in [0, 0.05) is 11.1 Å². The molecule has 0 bridgehead atoms. The highest BCUT2D eigenvalue weighted by atomic mass is 32.2. The molecule has 2 heterocycles. The minimum absolute atomic E-state index is 0.284. The Morgan fingerprint density at radius 2 is 1.64 bits per heavy atom. The van der Waals surface area contributed by atoms with Crippen molar-refractivity contribution in [3.8, 4) is 0 Å². The first-order valence-corrected chi connectivity index (χ1v) is 11.7. The smallest absolute Gasteiger partial charge is 0.365 e. The number of benzene rings is 3. The maximum atomic E-state index is 12.7. The maximum Gasteiger partial charge on any atom is 0.365 e. The number of carbonyl (C=O) groups is 1. The largest absolute Gasteiger partial charge is 0.464 e. The van der Waals surface area contributed by atoms with Gasteiger partial charge in [0.2, 0.25) is 10.0 Å². The van der Waals surface area contributed by atoms with Crippen molar-refractivity contribution >= 4 is 39.9 Å². The zero-order valence-electron chi connectivity index (χ0n) is 18.7. The molecule has 0 amide bonds.